The van der Waals surface area contributed by atoms with Gasteiger partial charge in [-0.15, -0.1) is 0 Å². The van der Waals surface area contributed by atoms with Crippen molar-refractivity contribution < 1.29 is 17.5 Å². The van der Waals surface area contributed by atoms with Gasteiger partial charge in [0.1, 0.15) is 5.82 Å². The van der Waals surface area contributed by atoms with Gasteiger partial charge in [-0.3, -0.25) is 0 Å². The van der Waals surface area contributed by atoms with Crippen molar-refractivity contribution >= 4 is 15.5 Å². The predicted molar refractivity (Wildman–Crippen MR) is 71.1 cm³/mol. The maximum Gasteiger partial charge on any atom is 0.182 e. The summed E-state index contributed by atoms with van der Waals surface area (Å²) in [6, 6.07) is 3.33. The monoisotopic (exact) mass is 287 g/mol. The van der Waals surface area contributed by atoms with Gasteiger partial charge < -0.3 is 10.5 Å². The Morgan fingerprint density at radius 2 is 2.16 bits per heavy atom. The highest BCUT2D eigenvalue weighted by molar-refractivity contribution is 7.91. The summed E-state index contributed by atoms with van der Waals surface area (Å²) in [4.78, 5) is -0.0257. The highest BCUT2D eigenvalue weighted by Crippen LogP contribution is 2.31. The van der Waals surface area contributed by atoms with Gasteiger partial charge in [0.05, 0.1) is 28.0 Å². The number of hydrogen-bond donors (Lipinski definition) is 1. The van der Waals surface area contributed by atoms with Crippen LogP contribution >= 0.6 is 0 Å². The van der Waals surface area contributed by atoms with Gasteiger partial charge >= 0.3 is 0 Å². The number of anilines is 1. The molecule has 1 unspecified atom stereocenters. The zero-order chi connectivity index (χ0) is 14.3. The molecule has 2 rings (SSSR count). The molecule has 1 saturated heterocycles. The van der Waals surface area contributed by atoms with Gasteiger partial charge in [-0.25, -0.2) is 12.8 Å². The molecular formula is C13H18FNO3S. The third kappa shape index (κ3) is 3.25. The second kappa shape index (κ2) is 4.76. The first-order valence-corrected chi connectivity index (χ1v) is 7.80. The summed E-state index contributed by atoms with van der Waals surface area (Å²) in [5, 5.41) is 0. The summed E-state index contributed by atoms with van der Waals surface area (Å²) in [5.74, 6) is -0.665. The normalized spacial score (nSPS) is 22.6. The van der Waals surface area contributed by atoms with Crippen LogP contribution in [0.4, 0.5) is 10.1 Å². The molecule has 0 amide bonds. The first-order chi connectivity index (χ1) is 8.70. The fourth-order valence-corrected chi connectivity index (χ4v) is 3.93. The van der Waals surface area contributed by atoms with E-state index in [0.717, 1.165) is 18.6 Å². The Labute approximate surface area is 112 Å². The quantitative estimate of drug-likeness (QED) is 0.683. The Bertz CT molecular complexity index is 584. The standard InChI is InChI=1S/C13H18FNO3S/c1-13(2)6-5-10(18-13)8-19(16,17)12-4-3-9(14)7-11(12)15/h3-4,7,10H,5-6,8,15H2,1-2H3. The number of nitrogens with two attached hydrogens (primary N) is 1. The number of ether oxygens (including phenoxy) is 1. The van der Waals surface area contributed by atoms with Crippen LogP contribution in [0.5, 0.6) is 0 Å². The van der Waals surface area contributed by atoms with Gasteiger partial charge in [0.2, 0.25) is 0 Å². The van der Waals surface area contributed by atoms with Crippen LogP contribution in [0.25, 0.3) is 0 Å². The molecule has 0 aliphatic carbocycles. The number of nitrogen functional groups attached to an aromatic ring is 1. The fraction of sp³-hybridized carbons (Fsp3) is 0.538. The molecular weight excluding hydrogens is 269 g/mol. The predicted octanol–water partition coefficient (Wildman–Crippen LogP) is 2.14. The lowest BCUT2D eigenvalue weighted by atomic mass is 10.1. The summed E-state index contributed by atoms with van der Waals surface area (Å²) in [5.41, 5.74) is 5.23. The third-order valence-electron chi connectivity index (χ3n) is 3.27. The lowest BCUT2D eigenvalue weighted by molar-refractivity contribution is -0.00527. The van der Waals surface area contributed by atoms with Crippen LogP contribution in [0, 0.1) is 5.82 Å². The third-order valence-corrected chi connectivity index (χ3v) is 5.12. The summed E-state index contributed by atoms with van der Waals surface area (Å²) >= 11 is 0. The van der Waals surface area contributed by atoms with Gasteiger partial charge in [-0.1, -0.05) is 0 Å². The summed E-state index contributed by atoms with van der Waals surface area (Å²) < 4.78 is 43.1. The topological polar surface area (TPSA) is 69.4 Å². The highest BCUT2D eigenvalue weighted by Gasteiger charge is 2.35. The molecule has 1 aliphatic heterocycles. The van der Waals surface area contributed by atoms with Crippen molar-refractivity contribution in [1.29, 1.82) is 0 Å². The summed E-state index contributed by atoms with van der Waals surface area (Å²) in [6.07, 6.45) is 1.20. The fourth-order valence-electron chi connectivity index (χ4n) is 2.33. The number of benzene rings is 1. The molecule has 1 aromatic rings. The van der Waals surface area contributed by atoms with E-state index < -0.39 is 15.7 Å². The molecule has 1 atom stereocenters. The van der Waals surface area contributed by atoms with Crippen molar-refractivity contribution in [3.63, 3.8) is 0 Å². The molecule has 2 N–H and O–H groups in total. The zero-order valence-electron chi connectivity index (χ0n) is 11.0. The van der Waals surface area contributed by atoms with Crippen molar-refractivity contribution in [2.24, 2.45) is 0 Å². The van der Waals surface area contributed by atoms with E-state index in [2.05, 4.69) is 0 Å². The van der Waals surface area contributed by atoms with Crippen LogP contribution in [0.2, 0.25) is 0 Å². The molecule has 0 saturated carbocycles. The molecule has 1 fully saturated rings. The maximum atomic E-state index is 12.9. The van der Waals surface area contributed by atoms with E-state index in [-0.39, 0.29) is 28.0 Å². The smallest absolute Gasteiger partial charge is 0.182 e. The van der Waals surface area contributed by atoms with Crippen LogP contribution in [-0.4, -0.2) is 25.9 Å². The largest absolute Gasteiger partial charge is 0.398 e. The Balaban J connectivity index is 2.19. The van der Waals surface area contributed by atoms with Crippen molar-refractivity contribution in [3.05, 3.63) is 24.0 Å². The van der Waals surface area contributed by atoms with E-state index in [9.17, 15) is 12.8 Å². The first kappa shape index (κ1) is 14.3. The van der Waals surface area contributed by atoms with E-state index in [4.69, 9.17) is 10.5 Å². The van der Waals surface area contributed by atoms with Crippen LogP contribution in [-0.2, 0) is 14.6 Å². The van der Waals surface area contributed by atoms with Gasteiger partial charge in [-0.05, 0) is 44.9 Å². The molecule has 0 radical (unpaired) electrons. The summed E-state index contributed by atoms with van der Waals surface area (Å²) in [7, 11) is -3.56. The van der Waals surface area contributed by atoms with E-state index >= 15 is 0 Å². The molecule has 0 spiro atoms. The Morgan fingerprint density at radius 3 is 2.68 bits per heavy atom. The van der Waals surface area contributed by atoms with Crippen LogP contribution in [0.1, 0.15) is 26.7 Å². The number of sulfone groups is 1. The Hall–Kier alpha value is -1.14. The van der Waals surface area contributed by atoms with Crippen LogP contribution in [0.3, 0.4) is 0 Å². The lowest BCUT2D eigenvalue weighted by Gasteiger charge is -2.19. The average Bonchev–Trinajstić information content (AvgIpc) is 2.56. The first-order valence-electron chi connectivity index (χ1n) is 6.15. The van der Waals surface area contributed by atoms with Crippen molar-refractivity contribution in [1.82, 2.24) is 0 Å². The van der Waals surface area contributed by atoms with Crippen molar-refractivity contribution in [3.8, 4) is 0 Å². The second-order valence-corrected chi connectivity index (χ2v) is 7.50. The molecule has 0 aromatic heterocycles. The summed E-state index contributed by atoms with van der Waals surface area (Å²) in [6.45, 7) is 3.87. The van der Waals surface area contributed by atoms with E-state index in [1.54, 1.807) is 0 Å². The Kier molecular flexibility index (Phi) is 3.57. The zero-order valence-corrected chi connectivity index (χ0v) is 11.8. The molecule has 19 heavy (non-hydrogen) atoms. The van der Waals surface area contributed by atoms with E-state index in [1.165, 1.54) is 6.07 Å². The molecule has 106 valence electrons. The van der Waals surface area contributed by atoms with Crippen LogP contribution < -0.4 is 5.73 Å². The van der Waals surface area contributed by atoms with E-state index in [1.807, 2.05) is 13.8 Å². The van der Waals surface area contributed by atoms with Gasteiger partial charge in [0.15, 0.2) is 9.84 Å². The number of hydrogen-bond acceptors (Lipinski definition) is 4. The van der Waals surface area contributed by atoms with Gasteiger partial charge in [0.25, 0.3) is 0 Å². The highest BCUT2D eigenvalue weighted by atomic mass is 32.2. The average molecular weight is 287 g/mol. The molecule has 4 nitrogen and oxygen atoms in total. The van der Waals surface area contributed by atoms with Gasteiger partial charge in [-0.2, -0.15) is 0 Å². The van der Waals surface area contributed by atoms with Crippen LogP contribution in [0.15, 0.2) is 23.1 Å². The van der Waals surface area contributed by atoms with E-state index in [0.29, 0.717) is 6.42 Å². The SMILES string of the molecule is CC1(C)CCC(CS(=O)(=O)c2ccc(F)cc2N)O1. The minimum Gasteiger partial charge on any atom is -0.398 e. The maximum absolute atomic E-state index is 12.9. The molecule has 1 heterocycles. The minimum absolute atomic E-state index is 0.0257. The second-order valence-electron chi connectivity index (χ2n) is 5.50. The van der Waals surface area contributed by atoms with Gasteiger partial charge in [0, 0.05) is 0 Å². The molecule has 1 aromatic carbocycles. The molecule has 0 bridgehead atoms. The minimum atomic E-state index is -3.56. The molecule has 6 heteroatoms. The number of halogens is 1. The Morgan fingerprint density at radius 1 is 1.47 bits per heavy atom. The lowest BCUT2D eigenvalue weighted by Crippen LogP contribution is -2.25. The van der Waals surface area contributed by atoms with Crippen molar-refractivity contribution in [2.75, 3.05) is 11.5 Å². The molecule has 1 aliphatic rings. The number of rotatable bonds is 3. The van der Waals surface area contributed by atoms with Crippen molar-refractivity contribution in [2.45, 2.75) is 43.3 Å².